The molecule has 0 aromatic heterocycles. The largest absolute Gasteiger partial charge is 0.493 e. The quantitative estimate of drug-likeness (QED) is 0.178. The summed E-state index contributed by atoms with van der Waals surface area (Å²) in [5, 5.41) is 18.1. The third kappa shape index (κ3) is 12.4. The number of carbonyl (C=O) groups is 2. The lowest BCUT2D eigenvalue weighted by molar-refractivity contribution is -0.129. The lowest BCUT2D eigenvalue weighted by Gasteiger charge is -2.45. The summed E-state index contributed by atoms with van der Waals surface area (Å²) in [4.78, 5) is 29.2. The average molecular weight is 662 g/mol. The molecular formula is C37H63N3O7. The van der Waals surface area contributed by atoms with Gasteiger partial charge in [0, 0.05) is 38.6 Å². The summed E-state index contributed by atoms with van der Waals surface area (Å²) < 4.78 is 22.3. The van der Waals surface area contributed by atoms with Gasteiger partial charge in [-0.1, -0.05) is 33.8 Å². The first-order valence-electron chi connectivity index (χ1n) is 17.7. The highest BCUT2D eigenvalue weighted by Crippen LogP contribution is 2.33. The van der Waals surface area contributed by atoms with Crippen LogP contribution in [0.15, 0.2) is 18.2 Å². The summed E-state index contributed by atoms with van der Waals surface area (Å²) in [5.74, 6) is 1.85. The van der Waals surface area contributed by atoms with Gasteiger partial charge < -0.3 is 39.6 Å². The average Bonchev–Trinajstić information content (AvgIpc) is 3.00. The SMILES string of the molecule is COCCCOc1cc(CC(C[C@H](NC(=O)OC(C)(C)C)[C@@H](O)C[C@H](C(=O)NC2CN3CCC2CC3)C(C)C)C(C)C)ccc1OC. The number of piperidine rings is 3. The fraction of sp³-hybridized carbons (Fsp3) is 0.784. The Labute approximate surface area is 283 Å². The maximum atomic E-state index is 13.7. The van der Waals surface area contributed by atoms with E-state index in [2.05, 4.69) is 29.4 Å². The Bertz CT molecular complexity index is 1110. The molecule has 3 heterocycles. The monoisotopic (exact) mass is 661 g/mol. The second-order valence-electron chi connectivity index (χ2n) is 15.3. The van der Waals surface area contributed by atoms with Crippen molar-refractivity contribution in [3.8, 4) is 11.5 Å². The van der Waals surface area contributed by atoms with E-state index in [0.29, 0.717) is 43.5 Å². The molecule has 10 heteroatoms. The molecule has 3 fully saturated rings. The van der Waals surface area contributed by atoms with Crippen LogP contribution in [0.5, 0.6) is 11.5 Å². The van der Waals surface area contributed by atoms with Gasteiger partial charge >= 0.3 is 6.09 Å². The molecule has 268 valence electrons. The number of nitrogens with zero attached hydrogens (tertiary/aromatic N) is 1. The standard InChI is InChI=1S/C37H63N3O7/c1-24(2)28(19-26-11-12-33(45-9)34(20-26)46-18-10-17-44-8)21-30(39-36(43)47-37(5,6)7)32(41)22-29(25(3)4)35(42)38-31-23-40-15-13-27(31)14-16-40/h11-12,20,24-25,27-32,41H,10,13-19,21-23H2,1-9H3,(H,38,42)(H,39,43)/t28?,29-,30-,31?,32-/m0/s1. The van der Waals surface area contributed by atoms with E-state index in [1.807, 2.05) is 52.8 Å². The van der Waals surface area contributed by atoms with Gasteiger partial charge in [0.1, 0.15) is 5.60 Å². The predicted octanol–water partition coefficient (Wildman–Crippen LogP) is 5.44. The first kappa shape index (κ1) is 38.9. The van der Waals surface area contributed by atoms with Crippen LogP contribution in [0.1, 0.15) is 86.1 Å². The molecule has 2 amide bonds. The highest BCUT2D eigenvalue weighted by atomic mass is 16.6. The number of amides is 2. The minimum atomic E-state index is -0.941. The highest BCUT2D eigenvalue weighted by molar-refractivity contribution is 5.79. The summed E-state index contributed by atoms with van der Waals surface area (Å²) in [6, 6.07) is 5.52. The maximum absolute atomic E-state index is 13.7. The van der Waals surface area contributed by atoms with E-state index in [4.69, 9.17) is 18.9 Å². The normalized spacial score (nSPS) is 22.0. The maximum Gasteiger partial charge on any atom is 0.407 e. The fourth-order valence-electron chi connectivity index (χ4n) is 6.86. The van der Waals surface area contributed by atoms with Gasteiger partial charge in [0.25, 0.3) is 0 Å². The molecule has 2 unspecified atom stereocenters. The van der Waals surface area contributed by atoms with Crippen LogP contribution in [0.3, 0.4) is 0 Å². The van der Waals surface area contributed by atoms with Crippen molar-refractivity contribution in [3.63, 3.8) is 0 Å². The molecule has 0 saturated carbocycles. The van der Waals surface area contributed by atoms with Crippen molar-refractivity contribution in [1.29, 1.82) is 0 Å². The Morgan fingerprint density at radius 2 is 1.70 bits per heavy atom. The van der Waals surface area contributed by atoms with Crippen LogP contribution in [-0.4, -0.2) is 92.9 Å². The third-order valence-electron chi connectivity index (χ3n) is 9.76. The van der Waals surface area contributed by atoms with E-state index in [-0.39, 0.29) is 42.0 Å². The zero-order valence-electron chi connectivity index (χ0n) is 30.5. The number of ether oxygens (including phenoxy) is 4. The minimum absolute atomic E-state index is 0.00881. The number of aliphatic hydroxyl groups is 1. The first-order chi connectivity index (χ1) is 22.2. The molecule has 47 heavy (non-hydrogen) atoms. The number of rotatable bonds is 18. The summed E-state index contributed by atoms with van der Waals surface area (Å²) >= 11 is 0. The number of aliphatic hydroxyl groups excluding tert-OH is 1. The number of hydrogen-bond acceptors (Lipinski definition) is 8. The molecule has 0 aliphatic carbocycles. The lowest BCUT2D eigenvalue weighted by Crippen LogP contribution is -2.58. The Balaban J connectivity index is 1.77. The van der Waals surface area contributed by atoms with Gasteiger partial charge in [-0.15, -0.1) is 0 Å². The molecule has 1 aromatic carbocycles. The third-order valence-corrected chi connectivity index (χ3v) is 9.76. The predicted molar refractivity (Wildman–Crippen MR) is 185 cm³/mol. The molecule has 3 aliphatic heterocycles. The Kier molecular flexibility index (Phi) is 15.1. The van der Waals surface area contributed by atoms with Gasteiger partial charge in [-0.3, -0.25) is 4.79 Å². The van der Waals surface area contributed by atoms with Gasteiger partial charge in [-0.25, -0.2) is 4.79 Å². The van der Waals surface area contributed by atoms with E-state index in [1.165, 1.54) is 0 Å². The van der Waals surface area contributed by atoms with Crippen LogP contribution < -0.4 is 20.1 Å². The van der Waals surface area contributed by atoms with Crippen LogP contribution in [-0.2, 0) is 20.7 Å². The second-order valence-corrected chi connectivity index (χ2v) is 15.3. The van der Waals surface area contributed by atoms with Gasteiger partial charge in [-0.05, 0) is 107 Å². The molecule has 5 atom stereocenters. The van der Waals surface area contributed by atoms with Crippen molar-refractivity contribution in [2.45, 2.75) is 111 Å². The molecule has 3 saturated heterocycles. The summed E-state index contributed by atoms with van der Waals surface area (Å²) in [5.41, 5.74) is 0.393. The van der Waals surface area contributed by atoms with Crippen molar-refractivity contribution in [3.05, 3.63) is 23.8 Å². The smallest absolute Gasteiger partial charge is 0.407 e. The number of alkyl carbamates (subject to hydrolysis) is 1. The van der Waals surface area contributed by atoms with E-state index >= 15 is 0 Å². The zero-order chi connectivity index (χ0) is 34.7. The van der Waals surface area contributed by atoms with E-state index in [1.54, 1.807) is 14.2 Å². The lowest BCUT2D eigenvalue weighted by atomic mass is 9.80. The van der Waals surface area contributed by atoms with E-state index in [9.17, 15) is 14.7 Å². The number of nitrogens with one attached hydrogen (secondary N) is 2. The molecule has 4 rings (SSSR count). The van der Waals surface area contributed by atoms with Crippen LogP contribution in [0.4, 0.5) is 4.79 Å². The van der Waals surface area contributed by atoms with Gasteiger partial charge in [0.15, 0.2) is 11.5 Å². The van der Waals surface area contributed by atoms with Gasteiger partial charge in [-0.2, -0.15) is 0 Å². The van der Waals surface area contributed by atoms with Crippen LogP contribution in [0, 0.1) is 29.6 Å². The highest BCUT2D eigenvalue weighted by Gasteiger charge is 2.38. The molecule has 1 aromatic rings. The van der Waals surface area contributed by atoms with Crippen molar-refractivity contribution >= 4 is 12.0 Å². The summed E-state index contributed by atoms with van der Waals surface area (Å²) in [6.07, 6.45) is 2.97. The van der Waals surface area contributed by atoms with Crippen LogP contribution >= 0.6 is 0 Å². The molecule has 10 nitrogen and oxygen atoms in total. The molecule has 0 radical (unpaired) electrons. The van der Waals surface area contributed by atoms with Crippen molar-refractivity contribution in [1.82, 2.24) is 15.5 Å². The first-order valence-corrected chi connectivity index (χ1v) is 17.7. The molecule has 3 aliphatic rings. The van der Waals surface area contributed by atoms with E-state index in [0.717, 1.165) is 44.5 Å². The number of benzene rings is 1. The summed E-state index contributed by atoms with van der Waals surface area (Å²) in [7, 11) is 3.30. The van der Waals surface area contributed by atoms with Gasteiger partial charge in [0.2, 0.25) is 5.91 Å². The molecular weight excluding hydrogens is 598 g/mol. The second kappa shape index (κ2) is 18.3. The van der Waals surface area contributed by atoms with Crippen LogP contribution in [0.2, 0.25) is 0 Å². The fourth-order valence-corrected chi connectivity index (χ4v) is 6.86. The van der Waals surface area contributed by atoms with Crippen LogP contribution in [0.25, 0.3) is 0 Å². The van der Waals surface area contributed by atoms with Crippen molar-refractivity contribution in [2.75, 3.05) is 47.1 Å². The Morgan fingerprint density at radius 3 is 2.26 bits per heavy atom. The molecule has 2 bridgehead atoms. The molecule has 0 spiro atoms. The van der Waals surface area contributed by atoms with Crippen molar-refractivity contribution < 1.29 is 33.6 Å². The Hall–Kier alpha value is -2.56. The minimum Gasteiger partial charge on any atom is -0.493 e. The van der Waals surface area contributed by atoms with E-state index < -0.39 is 23.8 Å². The summed E-state index contributed by atoms with van der Waals surface area (Å²) in [6.45, 7) is 18.1. The number of fused-ring (bicyclic) bond motifs is 3. The zero-order valence-corrected chi connectivity index (χ0v) is 30.5. The van der Waals surface area contributed by atoms with Gasteiger partial charge in [0.05, 0.1) is 25.9 Å². The number of hydrogen-bond donors (Lipinski definition) is 3. The molecule has 3 N–H and O–H groups in total. The number of methoxy groups -OCH3 is 2. The Morgan fingerprint density at radius 1 is 1.00 bits per heavy atom. The van der Waals surface area contributed by atoms with Crippen molar-refractivity contribution in [2.24, 2.45) is 29.6 Å². The number of carbonyl (C=O) groups excluding carboxylic acids is 2. The topological polar surface area (TPSA) is 119 Å².